The molecule has 2 aromatic heterocycles. The summed E-state index contributed by atoms with van der Waals surface area (Å²) >= 11 is 0. The SMILES string of the molecule is CC(=O)NC(C)(C)c1nc(NC(=O)C2CC2)ccc1-c1ccoc1. The highest BCUT2D eigenvalue weighted by Crippen LogP contribution is 2.33. The molecule has 0 unspecified atom stereocenters. The second-order valence-corrected chi connectivity index (χ2v) is 6.67. The molecule has 1 saturated carbocycles. The van der Waals surface area contributed by atoms with Crippen LogP contribution >= 0.6 is 0 Å². The van der Waals surface area contributed by atoms with Gasteiger partial charge >= 0.3 is 0 Å². The summed E-state index contributed by atoms with van der Waals surface area (Å²) in [5.74, 6) is 0.453. The number of nitrogens with one attached hydrogen (secondary N) is 2. The predicted octanol–water partition coefficient (Wildman–Crippen LogP) is 3.06. The van der Waals surface area contributed by atoms with E-state index < -0.39 is 5.54 Å². The van der Waals surface area contributed by atoms with E-state index >= 15 is 0 Å². The van der Waals surface area contributed by atoms with Crippen molar-refractivity contribution in [1.29, 1.82) is 0 Å². The fraction of sp³-hybridized carbons (Fsp3) is 0.389. The lowest BCUT2D eigenvalue weighted by molar-refractivity contribution is -0.120. The molecule has 2 heterocycles. The fourth-order valence-corrected chi connectivity index (χ4v) is 2.73. The van der Waals surface area contributed by atoms with Gasteiger partial charge in [0, 0.05) is 24.0 Å². The van der Waals surface area contributed by atoms with Gasteiger partial charge in [0.15, 0.2) is 0 Å². The molecule has 0 aliphatic heterocycles. The highest BCUT2D eigenvalue weighted by Gasteiger charge is 2.31. The van der Waals surface area contributed by atoms with Crippen LogP contribution in [0, 0.1) is 5.92 Å². The van der Waals surface area contributed by atoms with Gasteiger partial charge in [-0.1, -0.05) is 0 Å². The number of nitrogens with zero attached hydrogens (tertiary/aromatic N) is 1. The van der Waals surface area contributed by atoms with Gasteiger partial charge in [-0.3, -0.25) is 9.59 Å². The summed E-state index contributed by atoms with van der Waals surface area (Å²) in [6.07, 6.45) is 5.09. The number of carbonyl (C=O) groups is 2. The van der Waals surface area contributed by atoms with Crippen molar-refractivity contribution in [3.8, 4) is 11.1 Å². The van der Waals surface area contributed by atoms with Gasteiger partial charge in [-0.25, -0.2) is 4.98 Å². The fourth-order valence-electron chi connectivity index (χ4n) is 2.73. The number of pyridine rings is 1. The number of carbonyl (C=O) groups excluding carboxylic acids is 2. The summed E-state index contributed by atoms with van der Waals surface area (Å²) in [4.78, 5) is 28.2. The molecule has 0 saturated heterocycles. The number of hydrogen-bond acceptors (Lipinski definition) is 4. The maximum Gasteiger partial charge on any atom is 0.228 e. The lowest BCUT2D eigenvalue weighted by atomic mass is 9.92. The molecule has 24 heavy (non-hydrogen) atoms. The molecule has 0 bridgehead atoms. The van der Waals surface area contributed by atoms with Crippen LogP contribution in [0.4, 0.5) is 5.82 Å². The van der Waals surface area contributed by atoms with Crippen LogP contribution in [0.5, 0.6) is 0 Å². The van der Waals surface area contributed by atoms with Gasteiger partial charge in [0.1, 0.15) is 5.82 Å². The van der Waals surface area contributed by atoms with Crippen molar-refractivity contribution >= 4 is 17.6 Å². The smallest absolute Gasteiger partial charge is 0.228 e. The van der Waals surface area contributed by atoms with Crippen LogP contribution in [-0.2, 0) is 15.1 Å². The molecule has 3 rings (SSSR count). The Labute approximate surface area is 140 Å². The zero-order chi connectivity index (χ0) is 17.3. The average Bonchev–Trinajstić information content (AvgIpc) is 3.22. The molecule has 2 N–H and O–H groups in total. The van der Waals surface area contributed by atoms with E-state index in [1.807, 2.05) is 26.0 Å². The highest BCUT2D eigenvalue weighted by molar-refractivity contribution is 5.93. The topological polar surface area (TPSA) is 84.2 Å². The van der Waals surface area contributed by atoms with E-state index in [1.54, 1.807) is 18.6 Å². The predicted molar refractivity (Wildman–Crippen MR) is 90.1 cm³/mol. The molecule has 0 spiro atoms. The van der Waals surface area contributed by atoms with Gasteiger partial charge in [-0.2, -0.15) is 0 Å². The van der Waals surface area contributed by atoms with Crippen LogP contribution in [0.3, 0.4) is 0 Å². The van der Waals surface area contributed by atoms with E-state index in [9.17, 15) is 9.59 Å². The lowest BCUT2D eigenvalue weighted by Crippen LogP contribution is -2.41. The normalized spacial score (nSPS) is 14.3. The molecule has 1 fully saturated rings. The zero-order valence-electron chi connectivity index (χ0n) is 14.1. The molecular weight excluding hydrogens is 306 g/mol. The second kappa shape index (κ2) is 6.11. The van der Waals surface area contributed by atoms with Crippen molar-refractivity contribution in [2.75, 3.05) is 5.32 Å². The number of aromatic nitrogens is 1. The summed E-state index contributed by atoms with van der Waals surface area (Å²) in [5.41, 5.74) is 1.70. The van der Waals surface area contributed by atoms with E-state index in [-0.39, 0.29) is 17.7 Å². The van der Waals surface area contributed by atoms with E-state index in [2.05, 4.69) is 15.6 Å². The first-order valence-corrected chi connectivity index (χ1v) is 8.00. The van der Waals surface area contributed by atoms with Crippen LogP contribution in [0.2, 0.25) is 0 Å². The summed E-state index contributed by atoms with van der Waals surface area (Å²) in [5, 5.41) is 5.76. The summed E-state index contributed by atoms with van der Waals surface area (Å²) in [7, 11) is 0. The van der Waals surface area contributed by atoms with Crippen molar-refractivity contribution in [1.82, 2.24) is 10.3 Å². The third-order valence-electron chi connectivity index (χ3n) is 4.01. The number of anilines is 1. The van der Waals surface area contributed by atoms with Gasteiger partial charge in [0.05, 0.1) is 23.8 Å². The molecule has 1 aliphatic rings. The molecule has 2 aromatic rings. The Balaban J connectivity index is 1.99. The minimum atomic E-state index is -0.696. The van der Waals surface area contributed by atoms with Gasteiger partial charge in [-0.05, 0) is 44.9 Å². The molecule has 2 amide bonds. The van der Waals surface area contributed by atoms with E-state index in [4.69, 9.17) is 4.42 Å². The minimum absolute atomic E-state index is 0.00171. The first kappa shape index (κ1) is 16.2. The Kier molecular flexibility index (Phi) is 4.13. The lowest BCUT2D eigenvalue weighted by Gasteiger charge is -2.27. The van der Waals surface area contributed by atoms with Gasteiger partial charge in [-0.15, -0.1) is 0 Å². The average molecular weight is 327 g/mol. The standard InChI is InChI=1S/C18H21N3O3/c1-11(22)21-18(2,3)16-14(13-8-9-24-10-13)6-7-15(19-16)20-17(23)12-4-5-12/h6-10,12H,4-5H2,1-3H3,(H,21,22)(H,19,20,23). The highest BCUT2D eigenvalue weighted by atomic mass is 16.3. The molecule has 0 atom stereocenters. The maximum atomic E-state index is 12.0. The Bertz CT molecular complexity index is 762. The Hall–Kier alpha value is -2.63. The van der Waals surface area contributed by atoms with E-state index in [0.717, 1.165) is 24.0 Å². The van der Waals surface area contributed by atoms with Crippen LogP contribution in [-0.4, -0.2) is 16.8 Å². The van der Waals surface area contributed by atoms with Crippen molar-refractivity contribution in [2.24, 2.45) is 5.92 Å². The molecule has 1 aliphatic carbocycles. The molecule has 0 radical (unpaired) electrons. The number of amides is 2. The van der Waals surface area contributed by atoms with Crippen molar-refractivity contribution in [2.45, 2.75) is 39.2 Å². The summed E-state index contributed by atoms with van der Waals surface area (Å²) < 4.78 is 5.17. The summed E-state index contributed by atoms with van der Waals surface area (Å²) in [6, 6.07) is 5.50. The Morgan fingerprint density at radius 2 is 2.00 bits per heavy atom. The Morgan fingerprint density at radius 1 is 1.25 bits per heavy atom. The van der Waals surface area contributed by atoms with Crippen molar-refractivity contribution in [3.05, 3.63) is 36.4 Å². The second-order valence-electron chi connectivity index (χ2n) is 6.67. The molecule has 126 valence electrons. The van der Waals surface area contributed by atoms with Crippen LogP contribution in [0.25, 0.3) is 11.1 Å². The zero-order valence-corrected chi connectivity index (χ0v) is 14.1. The molecule has 0 aromatic carbocycles. The van der Waals surface area contributed by atoms with Gasteiger partial charge in [0.25, 0.3) is 0 Å². The third-order valence-corrected chi connectivity index (χ3v) is 4.01. The van der Waals surface area contributed by atoms with Crippen molar-refractivity contribution < 1.29 is 14.0 Å². The maximum absolute atomic E-state index is 12.0. The quantitative estimate of drug-likeness (QED) is 0.884. The van der Waals surface area contributed by atoms with E-state index in [0.29, 0.717) is 11.5 Å². The molecular formula is C18H21N3O3. The molecule has 6 heteroatoms. The Morgan fingerprint density at radius 3 is 2.58 bits per heavy atom. The van der Waals surface area contributed by atoms with Crippen LogP contribution in [0.1, 0.15) is 39.3 Å². The number of hydrogen-bond donors (Lipinski definition) is 2. The first-order chi connectivity index (χ1) is 11.4. The number of rotatable bonds is 5. The van der Waals surface area contributed by atoms with Gasteiger partial charge in [0.2, 0.25) is 11.8 Å². The minimum Gasteiger partial charge on any atom is -0.472 e. The van der Waals surface area contributed by atoms with Crippen molar-refractivity contribution in [3.63, 3.8) is 0 Å². The molecule has 6 nitrogen and oxygen atoms in total. The van der Waals surface area contributed by atoms with Crippen LogP contribution in [0.15, 0.2) is 35.1 Å². The summed E-state index contributed by atoms with van der Waals surface area (Å²) in [6.45, 7) is 5.23. The van der Waals surface area contributed by atoms with Crippen LogP contribution < -0.4 is 10.6 Å². The first-order valence-electron chi connectivity index (χ1n) is 8.00. The van der Waals surface area contributed by atoms with E-state index in [1.165, 1.54) is 6.92 Å². The third kappa shape index (κ3) is 3.48. The largest absolute Gasteiger partial charge is 0.472 e. The monoisotopic (exact) mass is 327 g/mol. The number of furan rings is 1. The van der Waals surface area contributed by atoms with Gasteiger partial charge < -0.3 is 15.1 Å².